The lowest BCUT2D eigenvalue weighted by molar-refractivity contribution is -0.132. The van der Waals surface area contributed by atoms with E-state index in [2.05, 4.69) is 19.1 Å². The van der Waals surface area contributed by atoms with Gasteiger partial charge in [-0.25, -0.2) is 4.98 Å². The van der Waals surface area contributed by atoms with E-state index in [1.165, 1.54) is 15.3 Å². The van der Waals surface area contributed by atoms with E-state index in [4.69, 9.17) is 16.6 Å². The molecule has 0 aliphatic carbocycles. The van der Waals surface area contributed by atoms with Gasteiger partial charge in [-0.3, -0.25) is 4.79 Å². The zero-order chi connectivity index (χ0) is 18.8. The van der Waals surface area contributed by atoms with Crippen molar-refractivity contribution in [3.8, 4) is 0 Å². The number of benzene rings is 2. The Balaban J connectivity index is 1.36. The second-order valence-corrected chi connectivity index (χ2v) is 8.83. The Morgan fingerprint density at radius 2 is 1.96 bits per heavy atom. The lowest BCUT2D eigenvalue weighted by Gasteiger charge is -2.32. The van der Waals surface area contributed by atoms with Crippen LogP contribution in [-0.4, -0.2) is 28.9 Å². The van der Waals surface area contributed by atoms with Gasteiger partial charge in [0.15, 0.2) is 0 Å². The molecule has 0 radical (unpaired) electrons. The first-order valence-electron chi connectivity index (χ1n) is 9.49. The minimum Gasteiger partial charge on any atom is -0.343 e. The van der Waals surface area contributed by atoms with Crippen molar-refractivity contribution in [2.45, 2.75) is 38.0 Å². The van der Waals surface area contributed by atoms with Crippen LogP contribution in [0.4, 0.5) is 0 Å². The standard InChI is InChI=1S/C22H23ClN2OS/c1-15(16-5-3-2-4-6-16)13-21(26)25-11-9-17(10-12-25)22-24-19-14-18(23)7-8-20(19)27-22/h2-8,14-15,17H,9-13H2,1H3. The van der Waals surface area contributed by atoms with Gasteiger partial charge in [-0.2, -0.15) is 0 Å². The van der Waals surface area contributed by atoms with Gasteiger partial charge in [0.05, 0.1) is 15.2 Å². The number of fused-ring (bicyclic) bond motifs is 1. The molecule has 1 atom stereocenters. The number of amides is 1. The van der Waals surface area contributed by atoms with E-state index >= 15 is 0 Å². The number of rotatable bonds is 4. The van der Waals surface area contributed by atoms with Crippen molar-refractivity contribution >= 4 is 39.1 Å². The minimum atomic E-state index is 0.255. The third kappa shape index (κ3) is 4.17. The second kappa shape index (κ2) is 7.99. The van der Waals surface area contributed by atoms with Crippen molar-refractivity contribution in [2.24, 2.45) is 0 Å². The predicted molar refractivity (Wildman–Crippen MR) is 113 cm³/mol. The van der Waals surface area contributed by atoms with Crippen LogP contribution in [0.5, 0.6) is 0 Å². The van der Waals surface area contributed by atoms with Crippen LogP contribution in [0.3, 0.4) is 0 Å². The van der Waals surface area contributed by atoms with Crippen molar-refractivity contribution < 1.29 is 4.79 Å². The summed E-state index contributed by atoms with van der Waals surface area (Å²) in [6.45, 7) is 3.77. The first kappa shape index (κ1) is 18.5. The summed E-state index contributed by atoms with van der Waals surface area (Å²) in [6.07, 6.45) is 2.55. The molecule has 1 amide bonds. The summed E-state index contributed by atoms with van der Waals surface area (Å²) in [5.41, 5.74) is 2.21. The normalized spacial score (nSPS) is 16.6. The summed E-state index contributed by atoms with van der Waals surface area (Å²) in [5, 5.41) is 1.91. The van der Waals surface area contributed by atoms with Crippen molar-refractivity contribution in [1.29, 1.82) is 0 Å². The largest absolute Gasteiger partial charge is 0.343 e. The molecule has 2 heterocycles. The summed E-state index contributed by atoms with van der Waals surface area (Å²) in [6, 6.07) is 16.2. The van der Waals surface area contributed by atoms with E-state index in [0.29, 0.717) is 12.3 Å². The lowest BCUT2D eigenvalue weighted by atomic mass is 9.94. The maximum Gasteiger partial charge on any atom is 0.223 e. The predicted octanol–water partition coefficient (Wildman–Crippen LogP) is 5.85. The maximum atomic E-state index is 12.7. The smallest absolute Gasteiger partial charge is 0.223 e. The van der Waals surface area contributed by atoms with E-state index in [-0.39, 0.29) is 11.8 Å². The van der Waals surface area contributed by atoms with E-state index in [1.807, 2.05) is 41.3 Å². The molecule has 5 heteroatoms. The fourth-order valence-electron chi connectivity index (χ4n) is 3.76. The van der Waals surface area contributed by atoms with Gasteiger partial charge in [0.2, 0.25) is 5.91 Å². The summed E-state index contributed by atoms with van der Waals surface area (Å²) in [5.74, 6) is 0.961. The van der Waals surface area contributed by atoms with Crippen LogP contribution >= 0.6 is 22.9 Å². The molecular formula is C22H23ClN2OS. The highest BCUT2D eigenvalue weighted by atomic mass is 35.5. The van der Waals surface area contributed by atoms with Crippen LogP contribution in [-0.2, 0) is 4.79 Å². The molecule has 1 unspecified atom stereocenters. The van der Waals surface area contributed by atoms with Gasteiger partial charge in [0.1, 0.15) is 0 Å². The van der Waals surface area contributed by atoms with E-state index in [9.17, 15) is 4.79 Å². The average Bonchev–Trinajstić information content (AvgIpc) is 3.12. The van der Waals surface area contributed by atoms with Crippen LogP contribution in [0, 0.1) is 0 Å². The molecule has 3 nitrogen and oxygen atoms in total. The van der Waals surface area contributed by atoms with Gasteiger partial charge in [-0.1, -0.05) is 48.9 Å². The first-order valence-corrected chi connectivity index (χ1v) is 10.7. The molecule has 1 saturated heterocycles. The van der Waals surface area contributed by atoms with Gasteiger partial charge in [-0.05, 0) is 42.5 Å². The summed E-state index contributed by atoms with van der Waals surface area (Å²) in [7, 11) is 0. The number of nitrogens with zero attached hydrogens (tertiary/aromatic N) is 2. The monoisotopic (exact) mass is 398 g/mol. The zero-order valence-corrected chi connectivity index (χ0v) is 17.0. The van der Waals surface area contributed by atoms with Gasteiger partial charge >= 0.3 is 0 Å². The summed E-state index contributed by atoms with van der Waals surface area (Å²) < 4.78 is 1.18. The van der Waals surface area contributed by atoms with Gasteiger partial charge in [0.25, 0.3) is 0 Å². The van der Waals surface area contributed by atoms with Crippen LogP contribution in [0.15, 0.2) is 48.5 Å². The van der Waals surface area contributed by atoms with Crippen molar-refractivity contribution in [2.75, 3.05) is 13.1 Å². The van der Waals surface area contributed by atoms with Crippen molar-refractivity contribution in [3.05, 3.63) is 64.1 Å². The van der Waals surface area contributed by atoms with E-state index in [1.54, 1.807) is 11.3 Å². The highest BCUT2D eigenvalue weighted by Crippen LogP contribution is 2.35. The molecule has 0 bridgehead atoms. The number of carbonyl (C=O) groups is 1. The molecule has 1 fully saturated rings. The SMILES string of the molecule is CC(CC(=O)N1CCC(c2nc3cc(Cl)ccc3s2)CC1)c1ccccc1. The number of likely N-dealkylation sites (tertiary alicyclic amines) is 1. The van der Waals surface area contributed by atoms with E-state index in [0.717, 1.165) is 36.5 Å². The Morgan fingerprint density at radius 1 is 1.22 bits per heavy atom. The Morgan fingerprint density at radius 3 is 2.70 bits per heavy atom. The van der Waals surface area contributed by atoms with Crippen molar-refractivity contribution in [3.63, 3.8) is 0 Å². The number of thiazole rings is 1. The maximum absolute atomic E-state index is 12.7. The third-order valence-electron chi connectivity index (χ3n) is 5.41. The fourth-order valence-corrected chi connectivity index (χ4v) is 5.04. The Kier molecular flexibility index (Phi) is 5.46. The number of carbonyl (C=O) groups excluding carboxylic acids is 1. The van der Waals surface area contributed by atoms with E-state index < -0.39 is 0 Å². The van der Waals surface area contributed by atoms with Gasteiger partial charge in [0, 0.05) is 30.5 Å². The number of halogens is 1. The van der Waals surface area contributed by atoms with Gasteiger partial charge < -0.3 is 4.90 Å². The van der Waals surface area contributed by atoms with Crippen LogP contribution in [0.25, 0.3) is 10.2 Å². The molecule has 4 rings (SSSR count). The molecule has 0 N–H and O–H groups in total. The molecule has 0 spiro atoms. The Labute approximate surface area is 169 Å². The van der Waals surface area contributed by atoms with Crippen LogP contribution < -0.4 is 0 Å². The molecule has 27 heavy (non-hydrogen) atoms. The molecule has 1 aromatic heterocycles. The number of hydrogen-bond donors (Lipinski definition) is 0. The number of aromatic nitrogens is 1. The van der Waals surface area contributed by atoms with Gasteiger partial charge in [-0.15, -0.1) is 11.3 Å². The van der Waals surface area contributed by atoms with Crippen LogP contribution in [0.1, 0.15) is 48.6 Å². The second-order valence-electron chi connectivity index (χ2n) is 7.34. The minimum absolute atomic E-state index is 0.255. The third-order valence-corrected chi connectivity index (χ3v) is 6.85. The molecular weight excluding hydrogens is 376 g/mol. The summed E-state index contributed by atoms with van der Waals surface area (Å²) >= 11 is 7.83. The highest BCUT2D eigenvalue weighted by molar-refractivity contribution is 7.18. The van der Waals surface area contributed by atoms with Crippen molar-refractivity contribution in [1.82, 2.24) is 9.88 Å². The number of piperidine rings is 1. The highest BCUT2D eigenvalue weighted by Gasteiger charge is 2.26. The fraction of sp³-hybridized carbons (Fsp3) is 0.364. The molecule has 3 aromatic rings. The average molecular weight is 399 g/mol. The summed E-state index contributed by atoms with van der Waals surface area (Å²) in [4.78, 5) is 19.5. The molecule has 1 aliphatic heterocycles. The Bertz CT molecular complexity index is 932. The quantitative estimate of drug-likeness (QED) is 0.552. The van der Waals surface area contributed by atoms with Crippen LogP contribution in [0.2, 0.25) is 5.02 Å². The number of hydrogen-bond acceptors (Lipinski definition) is 3. The first-order chi connectivity index (χ1) is 13.1. The molecule has 1 aliphatic rings. The molecule has 0 saturated carbocycles. The Hall–Kier alpha value is -1.91. The molecule has 2 aromatic carbocycles. The zero-order valence-electron chi connectivity index (χ0n) is 15.4. The topological polar surface area (TPSA) is 33.2 Å². The molecule has 140 valence electrons. The lowest BCUT2D eigenvalue weighted by Crippen LogP contribution is -2.38.